The van der Waals surface area contributed by atoms with Gasteiger partial charge in [0.05, 0.1) is 5.41 Å². The van der Waals surface area contributed by atoms with Crippen LogP contribution in [-0.2, 0) is 11.8 Å². The van der Waals surface area contributed by atoms with E-state index in [1.165, 1.54) is 121 Å². The maximum Gasteiger partial charge on any atom is 0.0731 e. The second-order valence-corrected chi connectivity index (χ2v) is 17.6. The molecule has 0 saturated carbocycles. The highest BCUT2D eigenvalue weighted by atomic mass is 14.5. The zero-order chi connectivity index (χ0) is 43.1. The van der Waals surface area contributed by atoms with Gasteiger partial charge in [-0.15, -0.1) is 0 Å². The van der Waals surface area contributed by atoms with Crippen LogP contribution in [0.1, 0.15) is 76.8 Å². The van der Waals surface area contributed by atoms with Gasteiger partial charge in [-0.25, -0.2) is 0 Å². The van der Waals surface area contributed by atoms with Crippen molar-refractivity contribution in [2.24, 2.45) is 0 Å². The van der Waals surface area contributed by atoms with Crippen molar-refractivity contribution in [1.29, 1.82) is 0 Å². The van der Waals surface area contributed by atoms with Gasteiger partial charge in [0.2, 0.25) is 0 Å². The fraction of sp³-hybridized carbons (Fsp3) is 0.0938. The smallest absolute Gasteiger partial charge is 0.0731 e. The molecule has 0 heterocycles. The van der Waals surface area contributed by atoms with Crippen molar-refractivity contribution in [2.75, 3.05) is 0 Å². The Balaban J connectivity index is 1.18. The molecule has 0 unspecified atom stereocenters. The summed E-state index contributed by atoms with van der Waals surface area (Å²) < 4.78 is 0. The fourth-order valence-corrected chi connectivity index (χ4v) is 12.1. The molecule has 0 radical (unpaired) electrons. The second kappa shape index (κ2) is 14.8. The molecule has 0 amide bonds. The van der Waals surface area contributed by atoms with E-state index in [0.717, 1.165) is 30.4 Å². The van der Waals surface area contributed by atoms with Gasteiger partial charge in [0.1, 0.15) is 0 Å². The van der Waals surface area contributed by atoms with E-state index in [0.29, 0.717) is 0 Å². The van der Waals surface area contributed by atoms with E-state index >= 15 is 0 Å². The molecule has 0 bridgehead atoms. The van der Waals surface area contributed by atoms with Gasteiger partial charge in [0, 0.05) is 0 Å². The molecule has 3 aliphatic carbocycles. The molecule has 0 aliphatic heterocycles. The molecule has 1 spiro atoms. The van der Waals surface area contributed by atoms with Crippen LogP contribution in [0.15, 0.2) is 189 Å². The van der Waals surface area contributed by atoms with Crippen LogP contribution in [0.4, 0.5) is 0 Å². The summed E-state index contributed by atoms with van der Waals surface area (Å²) in [5.41, 5.74) is 22.6. The zero-order valence-corrected chi connectivity index (χ0v) is 36.5. The Morgan fingerprint density at radius 1 is 0.562 bits per heavy atom. The summed E-state index contributed by atoms with van der Waals surface area (Å²) in [5.74, 6) is 0. The topological polar surface area (TPSA) is 0 Å². The average molecular weight is 817 g/mol. The van der Waals surface area contributed by atoms with Gasteiger partial charge in [0.25, 0.3) is 0 Å². The SMILES string of the molecule is C=Cc1c2c(c3ccc(-c4c5ccccc5c(-c5cccc(C(/C=C\C)=C/CC)c5)c5ccccc45)cc3c1C=C)C1(c3ccccc3-c3ccccc31)c1ccc3c(c1-2)C=CCC3. The maximum atomic E-state index is 4.58. The van der Waals surface area contributed by atoms with Crippen molar-refractivity contribution in [3.63, 3.8) is 0 Å². The van der Waals surface area contributed by atoms with Gasteiger partial charge in [-0.2, -0.15) is 0 Å². The first-order valence-electron chi connectivity index (χ1n) is 22.9. The number of hydrogen-bond donors (Lipinski definition) is 0. The van der Waals surface area contributed by atoms with Crippen LogP contribution in [0, 0.1) is 0 Å². The van der Waals surface area contributed by atoms with E-state index in [9.17, 15) is 0 Å². The van der Waals surface area contributed by atoms with Gasteiger partial charge in [0.15, 0.2) is 0 Å². The first-order chi connectivity index (χ1) is 31.6. The Kier molecular flexibility index (Phi) is 8.82. The Hall–Kier alpha value is -7.54. The Morgan fingerprint density at radius 3 is 1.81 bits per heavy atom. The molecule has 64 heavy (non-hydrogen) atoms. The molecular weight excluding hydrogens is 769 g/mol. The van der Waals surface area contributed by atoms with Gasteiger partial charge < -0.3 is 0 Å². The summed E-state index contributed by atoms with van der Waals surface area (Å²) in [6, 6.07) is 57.6. The lowest BCUT2D eigenvalue weighted by Gasteiger charge is -2.32. The third kappa shape index (κ3) is 5.17. The first-order valence-corrected chi connectivity index (χ1v) is 22.9. The van der Waals surface area contributed by atoms with E-state index in [1.54, 1.807) is 0 Å². The number of allylic oxidation sites excluding steroid dienone is 5. The van der Waals surface area contributed by atoms with Crippen molar-refractivity contribution in [2.45, 2.75) is 38.5 Å². The largest absolute Gasteiger partial charge is 0.0984 e. The molecule has 9 aromatic rings. The van der Waals surface area contributed by atoms with E-state index in [4.69, 9.17) is 0 Å². The van der Waals surface area contributed by atoms with Crippen LogP contribution in [0.25, 0.3) is 101 Å². The Labute approximate surface area is 376 Å². The molecule has 3 aliphatic rings. The van der Waals surface area contributed by atoms with E-state index in [1.807, 2.05) is 0 Å². The highest BCUT2D eigenvalue weighted by Gasteiger charge is 2.54. The second-order valence-electron chi connectivity index (χ2n) is 17.6. The fourth-order valence-electron chi connectivity index (χ4n) is 12.1. The highest BCUT2D eigenvalue weighted by Crippen LogP contribution is 2.66. The van der Waals surface area contributed by atoms with Crippen molar-refractivity contribution in [3.8, 4) is 44.5 Å². The van der Waals surface area contributed by atoms with Crippen LogP contribution in [0.3, 0.4) is 0 Å². The number of fused-ring (bicyclic) bond motifs is 16. The number of aryl methyl sites for hydroxylation is 1. The molecular formula is C64H48. The van der Waals surface area contributed by atoms with Gasteiger partial charge >= 0.3 is 0 Å². The summed E-state index contributed by atoms with van der Waals surface area (Å²) in [5, 5.41) is 7.43. The molecule has 0 N–H and O–H groups in total. The van der Waals surface area contributed by atoms with Crippen LogP contribution in [-0.4, -0.2) is 0 Å². The molecule has 304 valence electrons. The van der Waals surface area contributed by atoms with Crippen LogP contribution in [0.5, 0.6) is 0 Å². The lowest BCUT2D eigenvalue weighted by molar-refractivity contribution is 0.799. The van der Waals surface area contributed by atoms with E-state index in [2.05, 4.69) is 221 Å². The van der Waals surface area contributed by atoms with Crippen molar-refractivity contribution in [1.82, 2.24) is 0 Å². The molecule has 12 rings (SSSR count). The van der Waals surface area contributed by atoms with Crippen molar-refractivity contribution < 1.29 is 0 Å². The quantitative estimate of drug-likeness (QED) is 0.111. The Morgan fingerprint density at radius 2 is 1.19 bits per heavy atom. The van der Waals surface area contributed by atoms with Gasteiger partial charge in [-0.3, -0.25) is 0 Å². The normalized spacial score (nSPS) is 14.2. The standard InChI is InChI=1S/C64H48/c1-5-20-40(21-6-2)42-23-19-24-43(38-42)59-50-28-11-13-30-52(50)60(53-31-14-12-29-51(53)59)44-34-36-54-55(39-44)45(7-3)46(8-4)62-61-47-25-10-9-22-41(47)35-37-58(61)64(63(54)62)56-32-17-15-26-48(56)49-27-16-18-33-57(49)64/h5,7-8,10-21,23-39H,3-4,6,9,22H2,1-2H3/b20-5-,40-21+. The summed E-state index contributed by atoms with van der Waals surface area (Å²) in [6.45, 7) is 13.4. The third-order valence-electron chi connectivity index (χ3n) is 14.5. The summed E-state index contributed by atoms with van der Waals surface area (Å²) in [4.78, 5) is 0. The highest BCUT2D eigenvalue weighted by molar-refractivity contribution is 6.22. The predicted octanol–water partition coefficient (Wildman–Crippen LogP) is 17.4. The minimum absolute atomic E-state index is 0.510. The molecule has 0 fully saturated rings. The molecule has 0 atom stereocenters. The molecule has 0 saturated heterocycles. The lowest BCUT2D eigenvalue weighted by Crippen LogP contribution is -2.26. The molecule has 0 heteroatoms. The monoisotopic (exact) mass is 816 g/mol. The summed E-state index contributed by atoms with van der Waals surface area (Å²) in [7, 11) is 0. The number of benzene rings is 9. The molecule has 0 aromatic heterocycles. The summed E-state index contributed by atoms with van der Waals surface area (Å²) in [6.07, 6.45) is 18.7. The minimum atomic E-state index is -0.510. The lowest BCUT2D eigenvalue weighted by atomic mass is 9.68. The van der Waals surface area contributed by atoms with E-state index in [-0.39, 0.29) is 0 Å². The van der Waals surface area contributed by atoms with Crippen molar-refractivity contribution >= 4 is 56.1 Å². The Bertz CT molecular complexity index is 3480. The number of hydrogen-bond acceptors (Lipinski definition) is 0. The predicted molar refractivity (Wildman–Crippen MR) is 277 cm³/mol. The molecule has 9 aromatic carbocycles. The number of rotatable bonds is 7. The van der Waals surface area contributed by atoms with E-state index < -0.39 is 5.41 Å². The van der Waals surface area contributed by atoms with Crippen molar-refractivity contribution in [3.05, 3.63) is 239 Å². The van der Waals surface area contributed by atoms with Crippen LogP contribution in [0.2, 0.25) is 0 Å². The first kappa shape index (κ1) is 38.2. The molecule has 0 nitrogen and oxygen atoms in total. The third-order valence-corrected chi connectivity index (χ3v) is 14.5. The summed E-state index contributed by atoms with van der Waals surface area (Å²) >= 11 is 0. The van der Waals surface area contributed by atoms with Crippen LogP contribution < -0.4 is 0 Å². The minimum Gasteiger partial charge on any atom is -0.0984 e. The zero-order valence-electron chi connectivity index (χ0n) is 36.5. The average Bonchev–Trinajstić information content (AvgIpc) is 3.83. The van der Waals surface area contributed by atoms with Gasteiger partial charge in [-0.1, -0.05) is 202 Å². The van der Waals surface area contributed by atoms with Crippen LogP contribution >= 0.6 is 0 Å². The van der Waals surface area contributed by atoms with Gasteiger partial charge in [-0.05, 0) is 171 Å². The maximum absolute atomic E-state index is 4.58.